The van der Waals surface area contributed by atoms with Crippen molar-refractivity contribution >= 4 is 24.8 Å². The Morgan fingerprint density at radius 3 is 2.30 bits per heavy atom. The molecule has 0 amide bonds. The summed E-state index contributed by atoms with van der Waals surface area (Å²) in [6.07, 6.45) is 3.14. The van der Waals surface area contributed by atoms with E-state index >= 15 is 0 Å². The average Bonchev–Trinajstić information content (AvgIpc) is 2.31. The van der Waals surface area contributed by atoms with Gasteiger partial charge in [0, 0.05) is 6.10 Å². The summed E-state index contributed by atoms with van der Waals surface area (Å²) in [5, 5.41) is 0.241. The monoisotopic (exact) mass is 316 g/mol. The van der Waals surface area contributed by atoms with Gasteiger partial charge in [0.05, 0.1) is 5.41 Å². The number of carbonyl (C=O) groups excluding carboxylic acids is 1. The van der Waals surface area contributed by atoms with Crippen LogP contribution in [0.25, 0.3) is 0 Å². The number of rotatable bonds is 3. The maximum Gasteiger partial charge on any atom is 0.298 e. The maximum absolute atomic E-state index is 12.0. The van der Waals surface area contributed by atoms with Gasteiger partial charge in [-0.15, -0.1) is 0 Å². The SMILES string of the molecule is CC1CC(O[Si](C)(C)C(C)(C)C)CCC1(C)C(=O)O[SiH3]. The van der Waals surface area contributed by atoms with Gasteiger partial charge in [0.25, 0.3) is 5.97 Å². The van der Waals surface area contributed by atoms with Gasteiger partial charge in [-0.3, -0.25) is 4.79 Å². The van der Waals surface area contributed by atoms with E-state index in [1.807, 2.05) is 0 Å². The molecule has 3 nitrogen and oxygen atoms in total. The van der Waals surface area contributed by atoms with Crippen LogP contribution in [-0.2, 0) is 13.6 Å². The standard InChI is InChI=1S/C15H32O3Si2/c1-11-10-12(18-20(6,7)14(2,3)4)8-9-15(11,5)13(16)17-19/h11-12H,8-10H2,1-7,19H3. The van der Waals surface area contributed by atoms with Gasteiger partial charge in [0.1, 0.15) is 0 Å². The van der Waals surface area contributed by atoms with Crippen LogP contribution in [0.15, 0.2) is 0 Å². The highest BCUT2D eigenvalue weighted by atomic mass is 28.4. The topological polar surface area (TPSA) is 35.5 Å². The van der Waals surface area contributed by atoms with Crippen LogP contribution in [0.5, 0.6) is 0 Å². The Labute approximate surface area is 128 Å². The molecular weight excluding hydrogens is 284 g/mol. The smallest absolute Gasteiger partial charge is 0.298 e. The fraction of sp³-hybridized carbons (Fsp3) is 0.933. The lowest BCUT2D eigenvalue weighted by Gasteiger charge is -2.45. The average molecular weight is 317 g/mol. The highest BCUT2D eigenvalue weighted by Crippen LogP contribution is 2.45. The molecule has 0 aromatic carbocycles. The van der Waals surface area contributed by atoms with Crippen LogP contribution in [0, 0.1) is 11.3 Å². The molecule has 1 rings (SSSR count). The van der Waals surface area contributed by atoms with Gasteiger partial charge < -0.3 is 8.85 Å². The van der Waals surface area contributed by atoms with Crippen LogP contribution in [0.1, 0.15) is 53.9 Å². The molecule has 0 radical (unpaired) electrons. The van der Waals surface area contributed by atoms with E-state index in [1.165, 1.54) is 0 Å². The van der Waals surface area contributed by atoms with E-state index in [9.17, 15) is 4.79 Å². The summed E-state index contributed by atoms with van der Waals surface area (Å²) in [5.74, 6) is 0.315. The van der Waals surface area contributed by atoms with Crippen molar-refractivity contribution in [2.45, 2.75) is 78.1 Å². The lowest BCUT2D eigenvalue weighted by Crippen LogP contribution is -2.48. The first-order valence-corrected chi connectivity index (χ1v) is 11.4. The predicted molar refractivity (Wildman–Crippen MR) is 89.2 cm³/mol. The summed E-state index contributed by atoms with van der Waals surface area (Å²) in [4.78, 5) is 12.0. The summed E-state index contributed by atoms with van der Waals surface area (Å²) in [6.45, 7) is 15.6. The molecule has 1 aliphatic carbocycles. The zero-order valence-corrected chi connectivity index (χ0v) is 17.5. The highest BCUT2D eigenvalue weighted by Gasteiger charge is 2.46. The number of hydrogen-bond donors (Lipinski definition) is 0. The Balaban J connectivity index is 2.72. The molecule has 0 aliphatic heterocycles. The Morgan fingerprint density at radius 1 is 1.35 bits per heavy atom. The van der Waals surface area contributed by atoms with Gasteiger partial charge in [-0.1, -0.05) is 27.7 Å². The van der Waals surface area contributed by atoms with Gasteiger partial charge in [-0.05, 0) is 50.2 Å². The third-order valence-corrected chi connectivity index (χ3v) is 10.5. The summed E-state index contributed by atoms with van der Waals surface area (Å²) in [7, 11) is -1.22. The first-order chi connectivity index (χ1) is 8.94. The summed E-state index contributed by atoms with van der Waals surface area (Å²) in [5.41, 5.74) is -0.310. The molecule has 0 spiro atoms. The second-order valence-electron chi connectivity index (χ2n) is 8.08. The second kappa shape index (κ2) is 5.93. The van der Waals surface area contributed by atoms with Crippen LogP contribution in [-0.4, -0.2) is 30.9 Å². The molecule has 0 aromatic heterocycles. The van der Waals surface area contributed by atoms with Crippen LogP contribution in [0.3, 0.4) is 0 Å². The summed E-state index contributed by atoms with van der Waals surface area (Å²) >= 11 is 0. The zero-order chi connectivity index (χ0) is 15.8. The normalized spacial score (nSPS) is 32.1. The quantitative estimate of drug-likeness (QED) is 0.751. The van der Waals surface area contributed by atoms with E-state index < -0.39 is 8.32 Å². The van der Waals surface area contributed by atoms with Crippen LogP contribution in [0.4, 0.5) is 0 Å². The molecule has 3 unspecified atom stereocenters. The highest BCUT2D eigenvalue weighted by molar-refractivity contribution is 6.74. The molecule has 1 fully saturated rings. The van der Waals surface area contributed by atoms with Crippen LogP contribution < -0.4 is 0 Å². The molecule has 1 aliphatic rings. The van der Waals surface area contributed by atoms with Crippen molar-refractivity contribution in [1.82, 2.24) is 0 Å². The minimum absolute atomic E-state index is 0.0116. The van der Waals surface area contributed by atoms with Crippen molar-refractivity contribution in [2.75, 3.05) is 0 Å². The summed E-state index contributed by atoms with van der Waals surface area (Å²) in [6, 6.07) is 0. The molecule has 3 atom stereocenters. The Kier molecular flexibility index (Phi) is 5.31. The van der Waals surface area contributed by atoms with Crippen LogP contribution in [0.2, 0.25) is 18.1 Å². The van der Waals surface area contributed by atoms with Crippen molar-refractivity contribution in [3.05, 3.63) is 0 Å². The van der Waals surface area contributed by atoms with E-state index in [0.29, 0.717) is 22.5 Å². The molecule has 0 saturated heterocycles. The van der Waals surface area contributed by atoms with Gasteiger partial charge in [0.15, 0.2) is 8.32 Å². The lowest BCUT2D eigenvalue weighted by atomic mass is 9.67. The minimum atomic E-state index is -1.71. The van der Waals surface area contributed by atoms with E-state index in [1.54, 1.807) is 0 Å². The molecule has 20 heavy (non-hydrogen) atoms. The Morgan fingerprint density at radius 2 is 1.90 bits per heavy atom. The third-order valence-electron chi connectivity index (χ3n) is 5.61. The molecule has 0 heterocycles. The number of hydrogen-bond acceptors (Lipinski definition) is 3. The zero-order valence-electron chi connectivity index (χ0n) is 14.5. The van der Waals surface area contributed by atoms with Crippen molar-refractivity contribution < 1.29 is 13.6 Å². The summed E-state index contributed by atoms with van der Waals surface area (Å²) < 4.78 is 11.6. The molecule has 0 bridgehead atoms. The van der Waals surface area contributed by atoms with E-state index in [2.05, 4.69) is 47.7 Å². The molecule has 0 aromatic rings. The van der Waals surface area contributed by atoms with Crippen molar-refractivity contribution in [3.8, 4) is 0 Å². The van der Waals surface area contributed by atoms with E-state index in [-0.39, 0.29) is 16.4 Å². The molecule has 5 heteroatoms. The van der Waals surface area contributed by atoms with E-state index in [4.69, 9.17) is 8.85 Å². The van der Waals surface area contributed by atoms with Gasteiger partial charge in [0.2, 0.25) is 10.5 Å². The molecular formula is C15H32O3Si2. The third kappa shape index (κ3) is 3.54. The van der Waals surface area contributed by atoms with Crippen molar-refractivity contribution in [1.29, 1.82) is 0 Å². The molecule has 0 N–H and O–H groups in total. The van der Waals surface area contributed by atoms with Gasteiger partial charge >= 0.3 is 0 Å². The lowest BCUT2D eigenvalue weighted by molar-refractivity contribution is -0.151. The van der Waals surface area contributed by atoms with Crippen molar-refractivity contribution in [2.24, 2.45) is 11.3 Å². The fourth-order valence-electron chi connectivity index (χ4n) is 2.72. The molecule has 118 valence electrons. The molecule has 1 saturated carbocycles. The number of carbonyl (C=O) groups is 1. The maximum atomic E-state index is 12.0. The Hall–Kier alpha value is -0.136. The van der Waals surface area contributed by atoms with Crippen molar-refractivity contribution in [3.63, 3.8) is 0 Å². The fourth-order valence-corrected chi connectivity index (χ4v) is 4.58. The van der Waals surface area contributed by atoms with Crippen LogP contribution >= 0.6 is 0 Å². The second-order valence-corrected chi connectivity index (χ2v) is 13.2. The van der Waals surface area contributed by atoms with Gasteiger partial charge in [-0.2, -0.15) is 0 Å². The first kappa shape index (κ1) is 17.9. The van der Waals surface area contributed by atoms with Gasteiger partial charge in [-0.25, -0.2) is 0 Å². The van der Waals surface area contributed by atoms with E-state index in [0.717, 1.165) is 19.3 Å². The minimum Gasteiger partial charge on any atom is -0.528 e. The predicted octanol–water partition coefficient (Wildman–Crippen LogP) is 3.03. The first-order valence-electron chi connectivity index (χ1n) is 7.70. The Bertz CT molecular complexity index is 363. The largest absolute Gasteiger partial charge is 0.528 e.